The second-order valence-electron chi connectivity index (χ2n) is 6.53. The van der Waals surface area contributed by atoms with Crippen molar-refractivity contribution >= 4 is 54.4 Å². The molecule has 5 heteroatoms. The first kappa shape index (κ1) is 17.0. The summed E-state index contributed by atoms with van der Waals surface area (Å²) in [7, 11) is 0. The van der Waals surface area contributed by atoms with Crippen LogP contribution in [-0.4, -0.2) is 18.8 Å². The van der Waals surface area contributed by atoms with Gasteiger partial charge in [-0.15, -0.1) is 0 Å². The minimum Gasteiger partial charge on any atom is -0.282 e. The summed E-state index contributed by atoms with van der Waals surface area (Å²) in [4.78, 5) is 11.7. The number of nitrogens with zero attached hydrogens (tertiary/aromatic N) is 4. The van der Waals surface area contributed by atoms with Gasteiger partial charge >= 0.3 is 0 Å². The van der Waals surface area contributed by atoms with E-state index in [0.717, 1.165) is 43.0 Å². The number of aryl methyl sites for hydroxylation is 1. The minimum absolute atomic E-state index is 0.949. The van der Waals surface area contributed by atoms with Crippen molar-refractivity contribution in [3.05, 3.63) is 72.3 Å². The Morgan fingerprint density at radius 3 is 1.79 bits per heavy atom. The summed E-state index contributed by atoms with van der Waals surface area (Å²) < 4.78 is 4.50. The largest absolute Gasteiger partial charge is 0.282 e. The first-order valence-corrected chi connectivity index (χ1v) is 10.4. The average molecular weight is 385 g/mol. The highest BCUT2D eigenvalue weighted by atomic mass is 32.1. The van der Waals surface area contributed by atoms with Gasteiger partial charge in [0, 0.05) is 0 Å². The van der Waals surface area contributed by atoms with Gasteiger partial charge in [-0.3, -0.25) is 8.80 Å². The van der Waals surface area contributed by atoms with Crippen LogP contribution in [0.25, 0.3) is 43.0 Å². The highest BCUT2D eigenvalue weighted by Crippen LogP contribution is 2.30. The molecule has 3 aromatic carbocycles. The van der Waals surface area contributed by atoms with E-state index < -0.39 is 0 Å². The lowest BCUT2D eigenvalue weighted by atomic mass is 10.2. The van der Waals surface area contributed by atoms with Crippen molar-refractivity contribution < 1.29 is 0 Å². The van der Waals surface area contributed by atoms with Gasteiger partial charge in [-0.05, 0) is 48.9 Å². The van der Waals surface area contributed by atoms with Crippen molar-refractivity contribution in [3.63, 3.8) is 0 Å². The van der Waals surface area contributed by atoms with Crippen LogP contribution in [0.3, 0.4) is 0 Å². The Morgan fingerprint density at radius 1 is 0.643 bits per heavy atom. The zero-order chi connectivity index (χ0) is 19.3. The monoisotopic (exact) mass is 384 g/mol. The molecule has 4 nitrogen and oxygen atoms in total. The molecule has 0 bridgehead atoms. The fourth-order valence-corrected chi connectivity index (χ4v) is 4.72. The summed E-state index contributed by atoms with van der Waals surface area (Å²) in [5.41, 5.74) is 7.76. The van der Waals surface area contributed by atoms with E-state index in [1.54, 1.807) is 11.3 Å². The SMILES string of the molecule is CC.Cc1ccc2c(c1)n1c(nc3ccccc31)sc1nc3ccccc3n12. The molecule has 0 saturated carbocycles. The number of benzene rings is 3. The van der Waals surface area contributed by atoms with Gasteiger partial charge in [0.1, 0.15) is 0 Å². The fraction of sp³-hybridized carbons (Fsp3) is 0.130. The zero-order valence-electron chi connectivity index (χ0n) is 16.0. The first-order chi connectivity index (χ1) is 13.8. The molecule has 3 heterocycles. The Balaban J connectivity index is 0.000000829. The Bertz CT molecular complexity index is 1500. The van der Waals surface area contributed by atoms with Gasteiger partial charge in [-0.25, -0.2) is 9.97 Å². The lowest BCUT2D eigenvalue weighted by Crippen LogP contribution is -1.89. The van der Waals surface area contributed by atoms with Crippen LogP contribution in [0.2, 0.25) is 0 Å². The molecule has 0 radical (unpaired) electrons. The number of hydrogen-bond acceptors (Lipinski definition) is 3. The van der Waals surface area contributed by atoms with E-state index in [-0.39, 0.29) is 0 Å². The predicted octanol–water partition coefficient (Wildman–Crippen LogP) is 6.40. The summed E-state index contributed by atoms with van der Waals surface area (Å²) in [6, 6.07) is 23.2. The van der Waals surface area contributed by atoms with Crippen molar-refractivity contribution in [1.82, 2.24) is 18.8 Å². The molecule has 0 spiro atoms. The maximum Gasteiger partial charge on any atom is 0.198 e. The average Bonchev–Trinajstić information content (AvgIpc) is 3.24. The zero-order valence-corrected chi connectivity index (χ0v) is 16.9. The summed E-state index contributed by atoms with van der Waals surface area (Å²) >= 11 is 1.62. The maximum atomic E-state index is 4.88. The van der Waals surface area contributed by atoms with Gasteiger partial charge in [-0.2, -0.15) is 0 Å². The fourth-order valence-electron chi connectivity index (χ4n) is 3.69. The van der Waals surface area contributed by atoms with E-state index in [0.29, 0.717) is 0 Å². The van der Waals surface area contributed by atoms with Crippen LogP contribution in [0.15, 0.2) is 66.7 Å². The predicted molar refractivity (Wildman–Crippen MR) is 119 cm³/mol. The van der Waals surface area contributed by atoms with Crippen LogP contribution >= 0.6 is 11.3 Å². The van der Waals surface area contributed by atoms with Crippen molar-refractivity contribution in [3.8, 4) is 0 Å². The molecule has 0 atom stereocenters. The Morgan fingerprint density at radius 2 is 1.18 bits per heavy atom. The van der Waals surface area contributed by atoms with E-state index in [4.69, 9.17) is 9.97 Å². The van der Waals surface area contributed by atoms with Crippen molar-refractivity contribution in [2.24, 2.45) is 0 Å². The lowest BCUT2D eigenvalue weighted by molar-refractivity contribution is 1.28. The van der Waals surface area contributed by atoms with Crippen LogP contribution in [0.1, 0.15) is 19.4 Å². The molecular formula is C23H20N4S. The molecular weight excluding hydrogens is 364 g/mol. The van der Waals surface area contributed by atoms with Gasteiger partial charge in [0.05, 0.1) is 33.1 Å². The quantitative estimate of drug-likeness (QED) is 0.304. The van der Waals surface area contributed by atoms with Gasteiger partial charge in [0.2, 0.25) is 0 Å². The van der Waals surface area contributed by atoms with E-state index in [1.165, 1.54) is 5.56 Å². The molecule has 0 saturated heterocycles. The topological polar surface area (TPSA) is 34.6 Å². The number of imidazole rings is 2. The first-order valence-electron chi connectivity index (χ1n) is 9.54. The Kier molecular flexibility index (Phi) is 3.91. The second kappa shape index (κ2) is 6.46. The van der Waals surface area contributed by atoms with Crippen LogP contribution < -0.4 is 0 Å². The number of rotatable bonds is 0. The van der Waals surface area contributed by atoms with Gasteiger partial charge in [0.15, 0.2) is 9.92 Å². The third-order valence-electron chi connectivity index (χ3n) is 4.86. The second-order valence-corrected chi connectivity index (χ2v) is 7.47. The lowest BCUT2D eigenvalue weighted by Gasteiger charge is -2.02. The third-order valence-corrected chi connectivity index (χ3v) is 5.77. The molecule has 0 aliphatic heterocycles. The van der Waals surface area contributed by atoms with E-state index in [1.807, 2.05) is 26.0 Å². The molecule has 0 amide bonds. The maximum absolute atomic E-state index is 4.88. The Hall–Kier alpha value is -3.18. The molecule has 0 aliphatic carbocycles. The molecule has 0 N–H and O–H groups in total. The van der Waals surface area contributed by atoms with Gasteiger partial charge in [-0.1, -0.05) is 55.5 Å². The van der Waals surface area contributed by atoms with Gasteiger partial charge in [0.25, 0.3) is 0 Å². The molecule has 6 rings (SSSR count). The summed E-state index contributed by atoms with van der Waals surface area (Å²) in [5, 5.41) is 0. The van der Waals surface area contributed by atoms with Crippen molar-refractivity contribution in [2.45, 2.75) is 20.8 Å². The van der Waals surface area contributed by atoms with Crippen LogP contribution in [-0.2, 0) is 0 Å². The van der Waals surface area contributed by atoms with Crippen molar-refractivity contribution in [1.29, 1.82) is 0 Å². The van der Waals surface area contributed by atoms with E-state index >= 15 is 0 Å². The molecule has 0 aliphatic rings. The van der Waals surface area contributed by atoms with E-state index in [9.17, 15) is 0 Å². The number of aromatic nitrogens is 4. The molecule has 3 aromatic heterocycles. The Labute approximate surface area is 166 Å². The van der Waals surface area contributed by atoms with Gasteiger partial charge < -0.3 is 0 Å². The van der Waals surface area contributed by atoms with Crippen LogP contribution in [0.5, 0.6) is 0 Å². The van der Waals surface area contributed by atoms with Crippen molar-refractivity contribution in [2.75, 3.05) is 0 Å². The third kappa shape index (κ3) is 2.36. The highest BCUT2D eigenvalue weighted by molar-refractivity contribution is 7.21. The summed E-state index contributed by atoms with van der Waals surface area (Å²) in [6.45, 7) is 6.13. The van der Waals surface area contributed by atoms with Crippen LogP contribution in [0, 0.1) is 6.92 Å². The molecule has 6 aromatic rings. The molecule has 0 fully saturated rings. The number of hydrogen-bond donors (Lipinski definition) is 0. The standard InChI is InChI=1S/C21H14N4S.C2H6/c1-13-10-11-18-19(12-13)25-17-9-5-3-7-15(17)23-21(25)26-20-22-14-6-2-4-8-16(14)24(18)20;1-2/h2-12H,1H3;1-2H3. The summed E-state index contributed by atoms with van der Waals surface area (Å²) in [5.74, 6) is 0. The van der Waals surface area contributed by atoms with Crippen LogP contribution in [0.4, 0.5) is 0 Å². The highest BCUT2D eigenvalue weighted by Gasteiger charge is 2.13. The number of para-hydroxylation sites is 4. The molecule has 28 heavy (non-hydrogen) atoms. The summed E-state index contributed by atoms with van der Waals surface area (Å²) in [6.07, 6.45) is 0. The number of fused-ring (bicyclic) bond motifs is 9. The smallest absolute Gasteiger partial charge is 0.198 e. The van der Waals surface area contributed by atoms with E-state index in [2.05, 4.69) is 70.3 Å². The molecule has 138 valence electrons. The minimum atomic E-state index is 0.949. The normalized spacial score (nSPS) is 11.4. The molecule has 0 unspecified atom stereocenters.